The fraction of sp³-hybridized carbons (Fsp3) is 0.455. The molecule has 3 fully saturated rings. The number of nitrogens with one attached hydrogen (secondary N) is 4. The third-order valence-electron chi connectivity index (χ3n) is 6.53. The molecule has 2 aromatic rings. The number of amides is 4. The van der Waals surface area contributed by atoms with Crippen molar-refractivity contribution in [3.05, 3.63) is 34.4 Å². The van der Waals surface area contributed by atoms with Crippen LogP contribution >= 0.6 is 0 Å². The molecule has 37 heavy (non-hydrogen) atoms. The number of hydrogen-bond donors (Lipinski definition) is 5. The highest BCUT2D eigenvalue weighted by Crippen LogP contribution is 2.56. The summed E-state index contributed by atoms with van der Waals surface area (Å²) in [7, 11) is 1.28. The second-order valence-corrected chi connectivity index (χ2v) is 9.22. The fourth-order valence-electron chi connectivity index (χ4n) is 4.47. The summed E-state index contributed by atoms with van der Waals surface area (Å²) in [6.45, 7) is -0.228. The number of aromatic nitrogens is 3. The van der Waals surface area contributed by atoms with Crippen molar-refractivity contribution in [1.82, 2.24) is 30.8 Å². The minimum Gasteiger partial charge on any atom is -0.379 e. The zero-order valence-electron chi connectivity index (χ0n) is 19.9. The normalized spacial score (nSPS) is 20.0. The molecule has 196 valence electrons. The number of nitrogen functional groups attached to an aromatic ring is 1. The van der Waals surface area contributed by atoms with Crippen molar-refractivity contribution in [2.75, 3.05) is 18.1 Å². The average Bonchev–Trinajstić information content (AvgIpc) is 3.25. The fourth-order valence-corrected chi connectivity index (χ4v) is 4.47. The third kappa shape index (κ3) is 5.49. The monoisotopic (exact) mass is 514 g/mol. The standard InChI is InChI=1S/C22H26N8O7/c1-24-19(34)14(31)5-4-12(25-20(35)16-17(23)29-37-28-16)18(33)26-13-3-2-6-30(21(13)36)10-15(32)27-22-7-11(8-22)9-22/h2-3,6,11-12H,4-5,7-10H2,1H3,(H2,23,29)(H,24,34)(H,25,35)(H,26,33)(H,27,32)/t11?,12-,22?/m0/s1. The molecule has 2 bridgehead atoms. The highest BCUT2D eigenvalue weighted by atomic mass is 16.6. The van der Waals surface area contributed by atoms with Crippen LogP contribution in [0.3, 0.4) is 0 Å². The molecule has 2 aromatic heterocycles. The first kappa shape index (κ1) is 25.5. The molecule has 0 aromatic carbocycles. The first-order valence-electron chi connectivity index (χ1n) is 11.6. The Morgan fingerprint density at radius 3 is 2.54 bits per heavy atom. The molecule has 0 unspecified atom stereocenters. The predicted octanol–water partition coefficient (Wildman–Crippen LogP) is -1.69. The van der Waals surface area contributed by atoms with Gasteiger partial charge in [-0.3, -0.25) is 28.8 Å². The summed E-state index contributed by atoms with van der Waals surface area (Å²) in [5.41, 5.74) is 4.20. The Morgan fingerprint density at radius 1 is 1.22 bits per heavy atom. The molecule has 2 heterocycles. The quantitative estimate of drug-likeness (QED) is 0.214. The molecule has 0 saturated heterocycles. The number of pyridine rings is 1. The molecule has 5 rings (SSSR count). The number of nitrogens with zero attached hydrogens (tertiary/aromatic N) is 3. The van der Waals surface area contributed by atoms with Gasteiger partial charge in [-0.15, -0.1) is 0 Å². The van der Waals surface area contributed by atoms with E-state index in [4.69, 9.17) is 5.73 Å². The molecule has 15 nitrogen and oxygen atoms in total. The minimum atomic E-state index is -1.36. The van der Waals surface area contributed by atoms with Gasteiger partial charge in [0.1, 0.15) is 18.3 Å². The lowest BCUT2D eigenvalue weighted by atomic mass is 9.50. The van der Waals surface area contributed by atoms with E-state index in [1.54, 1.807) is 0 Å². The van der Waals surface area contributed by atoms with Gasteiger partial charge in [0.25, 0.3) is 17.4 Å². The van der Waals surface area contributed by atoms with Crippen LogP contribution in [0.15, 0.2) is 27.8 Å². The van der Waals surface area contributed by atoms with Crippen LogP contribution in [0.25, 0.3) is 0 Å². The van der Waals surface area contributed by atoms with Crippen LogP contribution in [-0.2, 0) is 25.7 Å². The SMILES string of the molecule is CNC(=O)C(=O)CC[C@H](NC(=O)c1nonc1N)C(=O)Nc1cccn(CC(=O)NC23CC(C2)C3)c1=O. The number of anilines is 2. The lowest BCUT2D eigenvalue weighted by Crippen LogP contribution is -2.68. The van der Waals surface area contributed by atoms with Crippen molar-refractivity contribution in [2.45, 2.75) is 50.2 Å². The van der Waals surface area contributed by atoms with E-state index in [-0.39, 0.29) is 48.0 Å². The van der Waals surface area contributed by atoms with Crippen molar-refractivity contribution in [3.8, 4) is 0 Å². The predicted molar refractivity (Wildman–Crippen MR) is 126 cm³/mol. The molecule has 0 spiro atoms. The molecular formula is C22H26N8O7. The van der Waals surface area contributed by atoms with Gasteiger partial charge in [-0.1, -0.05) is 0 Å². The minimum absolute atomic E-state index is 0.141. The summed E-state index contributed by atoms with van der Waals surface area (Å²) < 4.78 is 5.54. The molecular weight excluding hydrogens is 488 g/mol. The largest absolute Gasteiger partial charge is 0.379 e. The smallest absolute Gasteiger partial charge is 0.287 e. The van der Waals surface area contributed by atoms with Gasteiger partial charge >= 0.3 is 0 Å². The summed E-state index contributed by atoms with van der Waals surface area (Å²) in [5, 5.41) is 16.6. The van der Waals surface area contributed by atoms with E-state index in [1.165, 1.54) is 25.4 Å². The topological polar surface area (TPSA) is 220 Å². The maximum atomic E-state index is 13.0. The van der Waals surface area contributed by atoms with Crippen molar-refractivity contribution in [2.24, 2.45) is 5.92 Å². The zero-order valence-corrected chi connectivity index (χ0v) is 19.9. The Balaban J connectivity index is 1.45. The molecule has 3 aliphatic carbocycles. The Labute approximate surface area is 209 Å². The van der Waals surface area contributed by atoms with Crippen LogP contribution in [0.5, 0.6) is 0 Å². The molecule has 0 radical (unpaired) electrons. The number of likely N-dealkylation sites (N-methyl/N-ethyl adjacent to an activating group) is 1. The van der Waals surface area contributed by atoms with Gasteiger partial charge in [0.15, 0.2) is 0 Å². The number of nitrogens with two attached hydrogens (primary N) is 1. The Kier molecular flexibility index (Phi) is 7.04. The Hall–Kier alpha value is -4.56. The summed E-state index contributed by atoms with van der Waals surface area (Å²) in [6.07, 6.45) is 3.62. The van der Waals surface area contributed by atoms with Crippen LogP contribution < -0.4 is 32.6 Å². The van der Waals surface area contributed by atoms with E-state index >= 15 is 0 Å². The molecule has 3 saturated carbocycles. The molecule has 1 atom stereocenters. The molecule has 15 heteroatoms. The van der Waals surface area contributed by atoms with Crippen molar-refractivity contribution in [1.29, 1.82) is 0 Å². The second kappa shape index (κ2) is 10.2. The summed E-state index contributed by atoms with van der Waals surface area (Å²) in [5.74, 6) is -3.38. The van der Waals surface area contributed by atoms with Crippen LogP contribution in [0.2, 0.25) is 0 Å². The van der Waals surface area contributed by atoms with Gasteiger partial charge < -0.3 is 31.6 Å². The summed E-state index contributed by atoms with van der Waals surface area (Å²) in [6, 6.07) is 1.46. The first-order valence-corrected chi connectivity index (χ1v) is 11.6. The first-order chi connectivity index (χ1) is 17.6. The van der Waals surface area contributed by atoms with Crippen molar-refractivity contribution >= 4 is 40.9 Å². The third-order valence-corrected chi connectivity index (χ3v) is 6.53. The average molecular weight is 514 g/mol. The van der Waals surface area contributed by atoms with Crippen LogP contribution in [0.1, 0.15) is 42.6 Å². The Bertz CT molecular complexity index is 1300. The number of carbonyl (C=O) groups is 5. The summed E-state index contributed by atoms with van der Waals surface area (Å²) >= 11 is 0. The van der Waals surface area contributed by atoms with E-state index in [1.807, 2.05) is 0 Å². The van der Waals surface area contributed by atoms with E-state index in [0.717, 1.165) is 23.8 Å². The number of Topliss-reactive ketones (excluding diaryl/α,β-unsaturated/α-hetero) is 1. The number of carbonyl (C=O) groups excluding carboxylic acids is 5. The lowest BCUT2D eigenvalue weighted by molar-refractivity contribution is -0.137. The van der Waals surface area contributed by atoms with Gasteiger partial charge in [-0.2, -0.15) is 0 Å². The van der Waals surface area contributed by atoms with Gasteiger partial charge in [0, 0.05) is 25.2 Å². The number of rotatable bonds is 11. The van der Waals surface area contributed by atoms with Crippen LogP contribution in [-0.4, -0.2) is 62.9 Å². The van der Waals surface area contributed by atoms with Gasteiger partial charge in [0.05, 0.1) is 0 Å². The molecule has 3 aliphatic rings. The van der Waals surface area contributed by atoms with E-state index < -0.39 is 35.1 Å². The zero-order chi connectivity index (χ0) is 26.7. The van der Waals surface area contributed by atoms with Gasteiger partial charge in [-0.05, 0) is 54.0 Å². The van der Waals surface area contributed by atoms with E-state index in [9.17, 15) is 28.8 Å². The van der Waals surface area contributed by atoms with Crippen molar-refractivity contribution in [3.63, 3.8) is 0 Å². The van der Waals surface area contributed by atoms with Crippen molar-refractivity contribution < 1.29 is 28.6 Å². The molecule has 4 amide bonds. The van der Waals surface area contributed by atoms with Crippen LogP contribution in [0.4, 0.5) is 11.5 Å². The van der Waals surface area contributed by atoms with Crippen LogP contribution in [0, 0.1) is 5.92 Å². The maximum absolute atomic E-state index is 13.0. The maximum Gasteiger partial charge on any atom is 0.287 e. The molecule has 6 N–H and O–H groups in total. The number of hydrogen-bond acceptors (Lipinski definition) is 10. The highest BCUT2D eigenvalue weighted by Gasteiger charge is 2.57. The van der Waals surface area contributed by atoms with E-state index in [2.05, 4.69) is 36.2 Å². The Morgan fingerprint density at radius 2 is 1.95 bits per heavy atom. The van der Waals surface area contributed by atoms with Gasteiger partial charge in [0.2, 0.25) is 29.1 Å². The number of ketones is 1. The summed E-state index contributed by atoms with van der Waals surface area (Å²) in [4.78, 5) is 74.4. The lowest BCUT2D eigenvalue weighted by Gasteiger charge is -2.61. The highest BCUT2D eigenvalue weighted by molar-refractivity contribution is 6.36. The molecule has 0 aliphatic heterocycles. The van der Waals surface area contributed by atoms with Gasteiger partial charge in [-0.25, -0.2) is 4.63 Å². The second-order valence-electron chi connectivity index (χ2n) is 9.22. The van der Waals surface area contributed by atoms with E-state index in [0.29, 0.717) is 5.92 Å².